The fourth-order valence-electron chi connectivity index (χ4n) is 2.56. The molecule has 0 radical (unpaired) electrons. The van der Waals surface area contributed by atoms with Gasteiger partial charge in [0, 0.05) is 19.8 Å². The minimum Gasteiger partial charge on any atom is -0.391 e. The van der Waals surface area contributed by atoms with Crippen LogP contribution in [0.25, 0.3) is 0 Å². The highest BCUT2D eigenvalue weighted by Gasteiger charge is 2.24. The van der Waals surface area contributed by atoms with Gasteiger partial charge in [0.1, 0.15) is 0 Å². The molecular weight excluding hydrogens is 290 g/mol. The van der Waals surface area contributed by atoms with Crippen molar-refractivity contribution >= 4 is 29.0 Å². The number of halogens is 1. The van der Waals surface area contributed by atoms with Crippen molar-refractivity contribution in [1.82, 2.24) is 5.32 Å². The maximum Gasteiger partial charge on any atom is 0.319 e. The zero-order valence-electron chi connectivity index (χ0n) is 12.4. The number of nitrogens with zero attached hydrogens (tertiary/aromatic N) is 1. The lowest BCUT2D eigenvalue weighted by Crippen LogP contribution is -2.46. The molecule has 1 aromatic carbocycles. The molecule has 116 valence electrons. The van der Waals surface area contributed by atoms with E-state index in [4.69, 9.17) is 11.6 Å². The number of hydrogen-bond donors (Lipinski definition) is 3. The van der Waals surface area contributed by atoms with Crippen LogP contribution in [0.2, 0.25) is 5.02 Å². The Morgan fingerprint density at radius 3 is 2.67 bits per heavy atom. The Hall–Kier alpha value is -1.46. The Labute approximate surface area is 130 Å². The minimum absolute atomic E-state index is 0.171. The molecule has 2 amide bonds. The maximum absolute atomic E-state index is 12.0. The van der Waals surface area contributed by atoms with Crippen molar-refractivity contribution < 1.29 is 9.90 Å². The number of carbonyl (C=O) groups is 1. The molecule has 0 aromatic heterocycles. The molecule has 2 rings (SSSR count). The maximum atomic E-state index is 12.0. The molecule has 0 bridgehead atoms. The van der Waals surface area contributed by atoms with E-state index >= 15 is 0 Å². The Kier molecular flexibility index (Phi) is 5.31. The molecular formula is C15H22ClN3O2. The molecule has 0 heterocycles. The van der Waals surface area contributed by atoms with Gasteiger partial charge in [0.05, 0.1) is 22.9 Å². The molecule has 2 unspecified atom stereocenters. The third-order valence-electron chi connectivity index (χ3n) is 3.73. The summed E-state index contributed by atoms with van der Waals surface area (Å²) in [6.45, 7) is 0. The molecule has 21 heavy (non-hydrogen) atoms. The van der Waals surface area contributed by atoms with Gasteiger partial charge in [-0.05, 0) is 31.0 Å². The number of benzene rings is 1. The number of aliphatic hydroxyl groups excluding tert-OH is 1. The normalized spacial score (nSPS) is 21.7. The number of nitrogens with one attached hydrogen (secondary N) is 2. The Balaban J connectivity index is 1.94. The van der Waals surface area contributed by atoms with E-state index in [-0.39, 0.29) is 12.1 Å². The van der Waals surface area contributed by atoms with Crippen LogP contribution in [0.15, 0.2) is 18.2 Å². The van der Waals surface area contributed by atoms with E-state index in [2.05, 4.69) is 10.6 Å². The van der Waals surface area contributed by atoms with E-state index in [1.807, 2.05) is 25.1 Å². The summed E-state index contributed by atoms with van der Waals surface area (Å²) in [5.41, 5.74) is 1.53. The highest BCUT2D eigenvalue weighted by atomic mass is 35.5. The van der Waals surface area contributed by atoms with Crippen molar-refractivity contribution in [2.24, 2.45) is 0 Å². The van der Waals surface area contributed by atoms with Gasteiger partial charge in [-0.3, -0.25) is 0 Å². The van der Waals surface area contributed by atoms with E-state index in [0.29, 0.717) is 10.7 Å². The van der Waals surface area contributed by atoms with Crippen molar-refractivity contribution in [3.05, 3.63) is 23.2 Å². The predicted octanol–water partition coefficient (Wildman–Crippen LogP) is 2.83. The molecule has 3 N–H and O–H groups in total. The molecule has 1 aliphatic rings. The van der Waals surface area contributed by atoms with Crippen LogP contribution < -0.4 is 15.5 Å². The van der Waals surface area contributed by atoms with Gasteiger partial charge in [-0.1, -0.05) is 24.4 Å². The first-order valence-electron chi connectivity index (χ1n) is 7.20. The van der Waals surface area contributed by atoms with Crippen LogP contribution in [-0.2, 0) is 0 Å². The van der Waals surface area contributed by atoms with Crippen LogP contribution in [0, 0.1) is 0 Å². The van der Waals surface area contributed by atoms with Gasteiger partial charge in [-0.25, -0.2) is 4.79 Å². The number of hydrogen-bond acceptors (Lipinski definition) is 3. The standard InChI is InChI=1S/C15H22ClN3O2/c1-19(2)13-8-7-10(9-11(13)16)17-15(21)18-12-5-3-4-6-14(12)20/h7-9,12,14,20H,3-6H2,1-2H3,(H2,17,18,21). The van der Waals surface area contributed by atoms with Crippen molar-refractivity contribution in [2.75, 3.05) is 24.3 Å². The highest BCUT2D eigenvalue weighted by Crippen LogP contribution is 2.27. The SMILES string of the molecule is CN(C)c1ccc(NC(=O)NC2CCCCC2O)cc1Cl. The summed E-state index contributed by atoms with van der Waals surface area (Å²) < 4.78 is 0. The lowest BCUT2D eigenvalue weighted by atomic mass is 9.93. The third-order valence-corrected chi connectivity index (χ3v) is 4.04. The number of urea groups is 1. The number of carbonyl (C=O) groups excluding carboxylic acids is 1. The molecule has 0 spiro atoms. The summed E-state index contributed by atoms with van der Waals surface area (Å²) in [4.78, 5) is 13.9. The summed E-state index contributed by atoms with van der Waals surface area (Å²) in [5.74, 6) is 0. The predicted molar refractivity (Wildman–Crippen MR) is 86.2 cm³/mol. The van der Waals surface area contributed by atoms with E-state index in [9.17, 15) is 9.90 Å². The summed E-state index contributed by atoms with van der Waals surface area (Å²) in [6.07, 6.45) is 3.15. The number of aliphatic hydroxyl groups is 1. The molecule has 6 heteroatoms. The second kappa shape index (κ2) is 7.00. The molecule has 1 fully saturated rings. The third kappa shape index (κ3) is 4.25. The van der Waals surface area contributed by atoms with E-state index in [0.717, 1.165) is 31.4 Å². The van der Waals surface area contributed by atoms with Crippen molar-refractivity contribution in [2.45, 2.75) is 37.8 Å². The van der Waals surface area contributed by atoms with Crippen molar-refractivity contribution in [3.63, 3.8) is 0 Å². The van der Waals surface area contributed by atoms with Crippen LogP contribution in [-0.4, -0.2) is 37.4 Å². The average Bonchev–Trinajstić information content (AvgIpc) is 2.41. The Morgan fingerprint density at radius 1 is 1.33 bits per heavy atom. The largest absolute Gasteiger partial charge is 0.391 e. The first-order chi connectivity index (χ1) is 9.97. The van der Waals surface area contributed by atoms with E-state index < -0.39 is 6.10 Å². The average molecular weight is 312 g/mol. The van der Waals surface area contributed by atoms with Crippen LogP contribution in [0.5, 0.6) is 0 Å². The Morgan fingerprint density at radius 2 is 2.05 bits per heavy atom. The Bertz CT molecular complexity index is 508. The van der Waals surface area contributed by atoms with Gasteiger partial charge < -0.3 is 20.6 Å². The van der Waals surface area contributed by atoms with Gasteiger partial charge in [0.15, 0.2) is 0 Å². The van der Waals surface area contributed by atoms with Gasteiger partial charge >= 0.3 is 6.03 Å². The minimum atomic E-state index is -0.454. The summed E-state index contributed by atoms with van der Waals surface area (Å²) >= 11 is 6.17. The molecule has 2 atom stereocenters. The molecule has 5 nitrogen and oxygen atoms in total. The second-order valence-corrected chi connectivity index (χ2v) is 6.02. The van der Waals surface area contributed by atoms with E-state index in [1.54, 1.807) is 12.1 Å². The molecule has 1 aromatic rings. The number of anilines is 2. The van der Waals surface area contributed by atoms with Crippen LogP contribution in [0.4, 0.5) is 16.2 Å². The number of rotatable bonds is 3. The van der Waals surface area contributed by atoms with Crippen molar-refractivity contribution in [3.8, 4) is 0 Å². The topological polar surface area (TPSA) is 64.6 Å². The lowest BCUT2D eigenvalue weighted by molar-refractivity contribution is 0.0955. The van der Waals surface area contributed by atoms with Gasteiger partial charge in [0.2, 0.25) is 0 Å². The first kappa shape index (κ1) is 15.9. The van der Waals surface area contributed by atoms with Crippen molar-refractivity contribution in [1.29, 1.82) is 0 Å². The van der Waals surface area contributed by atoms with Gasteiger partial charge in [0.25, 0.3) is 0 Å². The highest BCUT2D eigenvalue weighted by molar-refractivity contribution is 6.33. The fourth-order valence-corrected chi connectivity index (χ4v) is 2.91. The smallest absolute Gasteiger partial charge is 0.319 e. The summed E-state index contributed by atoms with van der Waals surface area (Å²) in [5, 5.41) is 16.0. The van der Waals surface area contributed by atoms with E-state index in [1.165, 1.54) is 0 Å². The molecule has 1 aliphatic carbocycles. The first-order valence-corrected chi connectivity index (χ1v) is 7.57. The van der Waals surface area contributed by atoms with Crippen LogP contribution in [0.3, 0.4) is 0 Å². The monoisotopic (exact) mass is 311 g/mol. The second-order valence-electron chi connectivity index (χ2n) is 5.62. The summed E-state index contributed by atoms with van der Waals surface area (Å²) in [6, 6.07) is 4.89. The summed E-state index contributed by atoms with van der Waals surface area (Å²) in [7, 11) is 3.82. The molecule has 0 aliphatic heterocycles. The zero-order valence-corrected chi connectivity index (χ0v) is 13.2. The van der Waals surface area contributed by atoms with Crippen LogP contribution >= 0.6 is 11.6 Å². The van der Waals surface area contributed by atoms with Gasteiger partial charge in [-0.2, -0.15) is 0 Å². The van der Waals surface area contributed by atoms with Gasteiger partial charge in [-0.15, -0.1) is 0 Å². The molecule has 0 saturated heterocycles. The number of amides is 2. The van der Waals surface area contributed by atoms with Crippen LogP contribution in [0.1, 0.15) is 25.7 Å². The quantitative estimate of drug-likeness (QED) is 0.804. The lowest BCUT2D eigenvalue weighted by Gasteiger charge is -2.28. The fraction of sp³-hybridized carbons (Fsp3) is 0.533. The zero-order chi connectivity index (χ0) is 15.4. The molecule has 1 saturated carbocycles.